The summed E-state index contributed by atoms with van der Waals surface area (Å²) in [6, 6.07) is 11.0. The molecule has 20 heavy (non-hydrogen) atoms. The molecule has 1 aromatic carbocycles. The second-order valence-corrected chi connectivity index (χ2v) is 6.18. The zero-order valence-electron chi connectivity index (χ0n) is 11.3. The predicted molar refractivity (Wildman–Crippen MR) is 81.9 cm³/mol. The molecule has 1 N–H and O–H groups in total. The lowest BCUT2D eigenvalue weighted by Gasteiger charge is -2.23. The molecule has 0 aliphatic carbocycles. The van der Waals surface area contributed by atoms with E-state index in [4.69, 9.17) is 0 Å². The third kappa shape index (κ3) is 1.77. The Labute approximate surface area is 121 Å². The monoisotopic (exact) mass is 284 g/mol. The van der Waals surface area contributed by atoms with Crippen molar-refractivity contribution in [2.24, 2.45) is 0 Å². The molecule has 102 valence electrons. The number of nitrogens with zero attached hydrogens (tertiary/aromatic N) is 3. The molecule has 0 amide bonds. The van der Waals surface area contributed by atoms with Crippen LogP contribution in [-0.4, -0.2) is 21.3 Å². The summed E-state index contributed by atoms with van der Waals surface area (Å²) in [5, 5.41) is 13.6. The average Bonchev–Trinajstić information content (AvgIpc) is 3.09. The molecule has 0 saturated carbocycles. The molecule has 3 aromatic rings. The summed E-state index contributed by atoms with van der Waals surface area (Å²) in [7, 11) is 0. The first-order valence-corrected chi connectivity index (χ1v) is 7.84. The Balaban J connectivity index is 1.84. The second-order valence-electron chi connectivity index (χ2n) is 5.10. The van der Waals surface area contributed by atoms with Crippen LogP contribution in [0.15, 0.2) is 30.3 Å². The van der Waals surface area contributed by atoms with E-state index < -0.39 is 0 Å². The molecule has 0 spiro atoms. The predicted octanol–water partition coefficient (Wildman–Crippen LogP) is 3.21. The van der Waals surface area contributed by atoms with Crippen LogP contribution >= 0.6 is 11.3 Å². The van der Waals surface area contributed by atoms with Crippen molar-refractivity contribution in [3.05, 3.63) is 36.2 Å². The molecule has 1 aliphatic rings. The quantitative estimate of drug-likeness (QED) is 0.785. The maximum atomic E-state index is 4.44. The van der Waals surface area contributed by atoms with Gasteiger partial charge in [-0.3, -0.25) is 0 Å². The Morgan fingerprint density at radius 2 is 2.25 bits per heavy atom. The minimum atomic E-state index is 0.333. The van der Waals surface area contributed by atoms with Crippen molar-refractivity contribution in [3.63, 3.8) is 0 Å². The number of aromatic nitrogens is 3. The van der Waals surface area contributed by atoms with Gasteiger partial charge in [0.25, 0.3) is 0 Å². The van der Waals surface area contributed by atoms with E-state index in [1.165, 1.54) is 15.0 Å². The maximum absolute atomic E-state index is 4.44. The molecular formula is C15H16N4S. The molecule has 0 radical (unpaired) electrons. The number of hydrogen-bond acceptors (Lipinski definition) is 4. The topological polar surface area (TPSA) is 42.7 Å². The third-order valence-electron chi connectivity index (χ3n) is 3.87. The van der Waals surface area contributed by atoms with E-state index in [0.29, 0.717) is 6.04 Å². The third-order valence-corrected chi connectivity index (χ3v) is 4.98. The molecule has 3 heterocycles. The Kier molecular flexibility index (Phi) is 2.82. The van der Waals surface area contributed by atoms with Gasteiger partial charge in [-0.2, -0.15) is 0 Å². The van der Waals surface area contributed by atoms with Crippen LogP contribution in [0, 0.1) is 0 Å². The van der Waals surface area contributed by atoms with Gasteiger partial charge < -0.3 is 9.88 Å². The van der Waals surface area contributed by atoms with Crippen molar-refractivity contribution in [3.8, 4) is 10.7 Å². The van der Waals surface area contributed by atoms with Crippen molar-refractivity contribution < 1.29 is 0 Å². The van der Waals surface area contributed by atoms with Crippen molar-refractivity contribution in [1.82, 2.24) is 20.1 Å². The fraction of sp³-hybridized carbons (Fsp3) is 0.333. The molecular weight excluding hydrogens is 268 g/mol. The van der Waals surface area contributed by atoms with Gasteiger partial charge in [0.15, 0.2) is 11.6 Å². The van der Waals surface area contributed by atoms with Crippen molar-refractivity contribution in [1.29, 1.82) is 0 Å². The van der Waals surface area contributed by atoms with Gasteiger partial charge in [-0.05, 0) is 23.9 Å². The Bertz CT molecular complexity index is 725. The van der Waals surface area contributed by atoms with Gasteiger partial charge in [0.1, 0.15) is 0 Å². The number of rotatable bonds is 2. The smallest absolute Gasteiger partial charge is 0.174 e. The lowest BCUT2D eigenvalue weighted by Crippen LogP contribution is -2.33. The first kappa shape index (κ1) is 12.1. The number of hydrogen-bond donors (Lipinski definition) is 1. The maximum Gasteiger partial charge on any atom is 0.174 e. The van der Waals surface area contributed by atoms with Gasteiger partial charge in [-0.1, -0.05) is 25.1 Å². The molecule has 1 unspecified atom stereocenters. The summed E-state index contributed by atoms with van der Waals surface area (Å²) < 4.78 is 3.58. The standard InChI is InChI=1S/C15H16N4S/c1-2-11-14-17-18-15(19(14)8-7-16-11)13-9-10-5-3-4-6-12(10)20-13/h3-6,9,11,16H,2,7-8H2,1H3. The number of fused-ring (bicyclic) bond motifs is 2. The molecule has 1 atom stereocenters. The van der Waals surface area contributed by atoms with E-state index in [-0.39, 0.29) is 0 Å². The van der Waals surface area contributed by atoms with Crippen LogP contribution in [0.3, 0.4) is 0 Å². The second kappa shape index (κ2) is 4.68. The van der Waals surface area contributed by atoms with Gasteiger partial charge in [-0.15, -0.1) is 21.5 Å². The van der Waals surface area contributed by atoms with Gasteiger partial charge in [0.05, 0.1) is 10.9 Å². The van der Waals surface area contributed by atoms with Gasteiger partial charge in [-0.25, -0.2) is 0 Å². The fourth-order valence-corrected chi connectivity index (χ4v) is 3.89. The molecule has 5 heteroatoms. The first-order valence-electron chi connectivity index (χ1n) is 7.02. The van der Waals surface area contributed by atoms with E-state index in [2.05, 4.69) is 57.3 Å². The summed E-state index contributed by atoms with van der Waals surface area (Å²) in [5.41, 5.74) is 0. The van der Waals surface area contributed by atoms with Crippen molar-refractivity contribution in [2.45, 2.75) is 25.9 Å². The Morgan fingerprint density at radius 1 is 1.35 bits per heavy atom. The van der Waals surface area contributed by atoms with Gasteiger partial charge in [0, 0.05) is 17.8 Å². The normalized spacial score (nSPS) is 18.4. The highest BCUT2D eigenvalue weighted by atomic mass is 32.1. The van der Waals surface area contributed by atoms with E-state index >= 15 is 0 Å². The van der Waals surface area contributed by atoms with Crippen LogP contribution in [-0.2, 0) is 6.54 Å². The van der Waals surface area contributed by atoms with Gasteiger partial charge >= 0.3 is 0 Å². The molecule has 4 rings (SSSR count). The summed E-state index contributed by atoms with van der Waals surface area (Å²) in [4.78, 5) is 1.21. The van der Waals surface area contributed by atoms with E-state index in [1.807, 2.05) is 0 Å². The first-order chi connectivity index (χ1) is 9.86. The Hall–Kier alpha value is -1.72. The zero-order valence-corrected chi connectivity index (χ0v) is 12.2. The van der Waals surface area contributed by atoms with E-state index in [0.717, 1.165) is 31.2 Å². The molecule has 1 aliphatic heterocycles. The van der Waals surface area contributed by atoms with Crippen LogP contribution in [0.2, 0.25) is 0 Å². The molecule has 0 saturated heterocycles. The van der Waals surface area contributed by atoms with Crippen LogP contribution in [0.4, 0.5) is 0 Å². The van der Waals surface area contributed by atoms with Crippen LogP contribution < -0.4 is 5.32 Å². The SMILES string of the molecule is CCC1NCCn2c(-c3cc4ccccc4s3)nnc21. The minimum absolute atomic E-state index is 0.333. The highest BCUT2D eigenvalue weighted by Gasteiger charge is 2.24. The molecule has 2 aromatic heterocycles. The van der Waals surface area contributed by atoms with Crippen molar-refractivity contribution >= 4 is 21.4 Å². The minimum Gasteiger partial charge on any atom is -0.308 e. The molecule has 4 nitrogen and oxygen atoms in total. The number of nitrogens with one attached hydrogen (secondary N) is 1. The largest absolute Gasteiger partial charge is 0.308 e. The summed E-state index contributed by atoms with van der Waals surface area (Å²) in [5.74, 6) is 2.09. The zero-order chi connectivity index (χ0) is 13.5. The molecule has 0 fully saturated rings. The summed E-state index contributed by atoms with van der Waals surface area (Å²) >= 11 is 1.79. The fourth-order valence-electron chi connectivity index (χ4n) is 2.84. The molecule has 0 bridgehead atoms. The van der Waals surface area contributed by atoms with Crippen LogP contribution in [0.5, 0.6) is 0 Å². The summed E-state index contributed by atoms with van der Waals surface area (Å²) in [6.45, 7) is 4.12. The van der Waals surface area contributed by atoms with Crippen LogP contribution in [0.25, 0.3) is 20.8 Å². The lowest BCUT2D eigenvalue weighted by atomic mass is 10.2. The van der Waals surface area contributed by atoms with Crippen molar-refractivity contribution in [2.75, 3.05) is 6.54 Å². The number of benzene rings is 1. The van der Waals surface area contributed by atoms with E-state index in [1.54, 1.807) is 11.3 Å². The van der Waals surface area contributed by atoms with E-state index in [9.17, 15) is 0 Å². The Morgan fingerprint density at radius 3 is 3.10 bits per heavy atom. The van der Waals surface area contributed by atoms with Crippen LogP contribution in [0.1, 0.15) is 25.2 Å². The lowest BCUT2D eigenvalue weighted by molar-refractivity contribution is 0.407. The average molecular weight is 284 g/mol. The number of thiophene rings is 1. The van der Waals surface area contributed by atoms with Gasteiger partial charge in [0.2, 0.25) is 0 Å². The highest BCUT2D eigenvalue weighted by Crippen LogP contribution is 2.34. The summed E-state index contributed by atoms with van der Waals surface area (Å²) in [6.07, 6.45) is 1.05. The highest BCUT2D eigenvalue weighted by molar-refractivity contribution is 7.22.